The van der Waals surface area contributed by atoms with E-state index in [1.54, 1.807) is 6.20 Å². The monoisotopic (exact) mass is 240 g/mol. The van der Waals surface area contributed by atoms with Gasteiger partial charge in [0.2, 0.25) is 5.91 Å². The number of aryl methyl sites for hydroxylation is 1. The van der Waals surface area contributed by atoms with E-state index in [2.05, 4.69) is 10.3 Å². The van der Waals surface area contributed by atoms with E-state index in [4.69, 9.17) is 4.74 Å². The number of rotatable bonds is 4. The number of thiazole rings is 1. The minimum atomic E-state index is 0.0323. The Labute approximate surface area is 99.0 Å². The molecule has 0 saturated carbocycles. The number of ether oxygens (including phenoxy) is 1. The van der Waals surface area contributed by atoms with Crippen molar-refractivity contribution in [1.82, 2.24) is 4.98 Å². The van der Waals surface area contributed by atoms with E-state index in [1.165, 1.54) is 11.3 Å². The van der Waals surface area contributed by atoms with Crippen molar-refractivity contribution in [2.75, 3.05) is 11.9 Å². The molecule has 1 saturated heterocycles. The SMILES string of the molecule is Cc1cnc(NC(=O)CC[C@H]2CCCO2)s1. The van der Waals surface area contributed by atoms with Crippen molar-refractivity contribution >= 4 is 22.4 Å². The Balaban J connectivity index is 1.71. The van der Waals surface area contributed by atoms with Crippen molar-refractivity contribution < 1.29 is 9.53 Å². The van der Waals surface area contributed by atoms with Crippen LogP contribution < -0.4 is 5.32 Å². The lowest BCUT2D eigenvalue weighted by Gasteiger charge is -2.07. The minimum absolute atomic E-state index is 0.0323. The molecule has 0 spiro atoms. The summed E-state index contributed by atoms with van der Waals surface area (Å²) in [6.07, 6.45) is 5.59. The summed E-state index contributed by atoms with van der Waals surface area (Å²) < 4.78 is 5.46. The molecule has 0 aromatic carbocycles. The molecule has 1 N–H and O–H groups in total. The van der Waals surface area contributed by atoms with Crippen LogP contribution in [0.1, 0.15) is 30.6 Å². The van der Waals surface area contributed by atoms with Gasteiger partial charge in [-0.25, -0.2) is 4.98 Å². The zero-order valence-corrected chi connectivity index (χ0v) is 10.2. The van der Waals surface area contributed by atoms with E-state index in [-0.39, 0.29) is 12.0 Å². The lowest BCUT2D eigenvalue weighted by Crippen LogP contribution is -2.15. The Morgan fingerprint density at radius 1 is 1.75 bits per heavy atom. The standard InChI is InChI=1S/C11H16N2O2S/c1-8-7-12-11(16-8)13-10(14)5-4-9-3-2-6-15-9/h7,9H,2-6H2,1H3,(H,12,13,14)/t9-/m1/s1. The Morgan fingerprint density at radius 3 is 3.25 bits per heavy atom. The quantitative estimate of drug-likeness (QED) is 0.879. The Hall–Kier alpha value is -0.940. The van der Waals surface area contributed by atoms with Crippen molar-refractivity contribution in [2.24, 2.45) is 0 Å². The number of carbonyl (C=O) groups is 1. The normalized spacial score (nSPS) is 19.9. The maximum absolute atomic E-state index is 11.6. The maximum atomic E-state index is 11.6. The predicted octanol–water partition coefficient (Wildman–Crippen LogP) is 2.35. The van der Waals surface area contributed by atoms with Gasteiger partial charge in [0.25, 0.3) is 0 Å². The molecule has 0 unspecified atom stereocenters. The van der Waals surface area contributed by atoms with E-state index < -0.39 is 0 Å². The number of nitrogens with zero attached hydrogens (tertiary/aromatic N) is 1. The molecule has 1 aliphatic heterocycles. The highest BCUT2D eigenvalue weighted by Gasteiger charge is 2.16. The molecule has 0 radical (unpaired) electrons. The summed E-state index contributed by atoms with van der Waals surface area (Å²) >= 11 is 1.50. The van der Waals surface area contributed by atoms with E-state index in [9.17, 15) is 4.79 Å². The lowest BCUT2D eigenvalue weighted by molar-refractivity contribution is -0.116. The molecule has 0 bridgehead atoms. The van der Waals surface area contributed by atoms with Gasteiger partial charge < -0.3 is 10.1 Å². The largest absolute Gasteiger partial charge is 0.378 e. The van der Waals surface area contributed by atoms with Crippen LogP contribution in [0.2, 0.25) is 0 Å². The van der Waals surface area contributed by atoms with Crippen molar-refractivity contribution in [2.45, 2.75) is 38.7 Å². The third kappa shape index (κ3) is 3.28. The van der Waals surface area contributed by atoms with Gasteiger partial charge in [0.15, 0.2) is 5.13 Å². The second kappa shape index (κ2) is 5.41. The van der Waals surface area contributed by atoms with Crippen LogP contribution in [0.15, 0.2) is 6.20 Å². The molecule has 1 aliphatic rings. The molecule has 4 nitrogen and oxygen atoms in total. The van der Waals surface area contributed by atoms with E-state index in [0.29, 0.717) is 11.6 Å². The number of anilines is 1. The molecular formula is C11H16N2O2S. The van der Waals surface area contributed by atoms with Gasteiger partial charge in [0.05, 0.1) is 6.10 Å². The fourth-order valence-corrected chi connectivity index (χ4v) is 2.44. The Morgan fingerprint density at radius 2 is 2.62 bits per heavy atom. The molecule has 1 amide bonds. The van der Waals surface area contributed by atoms with Gasteiger partial charge in [-0.3, -0.25) is 4.79 Å². The summed E-state index contributed by atoms with van der Waals surface area (Å²) in [6, 6.07) is 0. The average molecular weight is 240 g/mol. The summed E-state index contributed by atoms with van der Waals surface area (Å²) in [4.78, 5) is 16.8. The highest BCUT2D eigenvalue weighted by atomic mass is 32.1. The van der Waals surface area contributed by atoms with Crippen LogP contribution in [-0.2, 0) is 9.53 Å². The first-order valence-electron chi connectivity index (χ1n) is 5.58. The molecule has 88 valence electrons. The van der Waals surface area contributed by atoms with E-state index >= 15 is 0 Å². The van der Waals surface area contributed by atoms with E-state index in [1.807, 2.05) is 6.92 Å². The lowest BCUT2D eigenvalue weighted by atomic mass is 10.1. The molecular weight excluding hydrogens is 224 g/mol. The number of carbonyl (C=O) groups excluding carboxylic acids is 1. The molecule has 0 aliphatic carbocycles. The van der Waals surface area contributed by atoms with Crippen molar-refractivity contribution in [3.8, 4) is 0 Å². The smallest absolute Gasteiger partial charge is 0.226 e. The number of aromatic nitrogens is 1. The van der Waals surface area contributed by atoms with Crippen molar-refractivity contribution in [3.05, 3.63) is 11.1 Å². The zero-order valence-electron chi connectivity index (χ0n) is 9.36. The first-order chi connectivity index (χ1) is 7.74. The van der Waals surface area contributed by atoms with Crippen LogP contribution in [0, 0.1) is 6.92 Å². The first-order valence-corrected chi connectivity index (χ1v) is 6.39. The Bertz CT molecular complexity index is 359. The van der Waals surface area contributed by atoms with Crippen LogP contribution in [-0.4, -0.2) is 23.6 Å². The molecule has 1 fully saturated rings. The highest BCUT2D eigenvalue weighted by molar-refractivity contribution is 7.15. The van der Waals surface area contributed by atoms with Crippen molar-refractivity contribution in [3.63, 3.8) is 0 Å². The number of amides is 1. The van der Waals surface area contributed by atoms with Crippen LogP contribution in [0.4, 0.5) is 5.13 Å². The second-order valence-corrected chi connectivity index (χ2v) is 5.23. The zero-order chi connectivity index (χ0) is 11.4. The molecule has 2 heterocycles. The molecule has 16 heavy (non-hydrogen) atoms. The summed E-state index contributed by atoms with van der Waals surface area (Å²) in [7, 11) is 0. The topological polar surface area (TPSA) is 51.2 Å². The van der Waals surface area contributed by atoms with Gasteiger partial charge in [0, 0.05) is 24.1 Å². The number of hydrogen-bond donors (Lipinski definition) is 1. The van der Waals surface area contributed by atoms with Crippen LogP contribution in [0.3, 0.4) is 0 Å². The second-order valence-electron chi connectivity index (χ2n) is 4.00. The van der Waals surface area contributed by atoms with Crippen LogP contribution in [0.25, 0.3) is 0 Å². The predicted molar refractivity (Wildman–Crippen MR) is 63.7 cm³/mol. The minimum Gasteiger partial charge on any atom is -0.378 e. The summed E-state index contributed by atoms with van der Waals surface area (Å²) in [5.74, 6) is 0.0323. The van der Waals surface area contributed by atoms with Gasteiger partial charge in [-0.15, -0.1) is 11.3 Å². The fraction of sp³-hybridized carbons (Fsp3) is 0.636. The van der Waals surface area contributed by atoms with Gasteiger partial charge in [-0.2, -0.15) is 0 Å². The van der Waals surface area contributed by atoms with Gasteiger partial charge in [-0.1, -0.05) is 0 Å². The average Bonchev–Trinajstić information content (AvgIpc) is 2.87. The third-order valence-electron chi connectivity index (χ3n) is 2.58. The first kappa shape index (κ1) is 11.5. The number of hydrogen-bond acceptors (Lipinski definition) is 4. The molecule has 1 aromatic rings. The third-order valence-corrected chi connectivity index (χ3v) is 3.41. The summed E-state index contributed by atoms with van der Waals surface area (Å²) in [5, 5.41) is 3.49. The molecule has 1 aromatic heterocycles. The van der Waals surface area contributed by atoms with Crippen LogP contribution in [0.5, 0.6) is 0 Å². The summed E-state index contributed by atoms with van der Waals surface area (Å²) in [6.45, 7) is 2.82. The molecule has 1 atom stereocenters. The van der Waals surface area contributed by atoms with E-state index in [0.717, 1.165) is 30.7 Å². The van der Waals surface area contributed by atoms with Crippen LogP contribution >= 0.6 is 11.3 Å². The van der Waals surface area contributed by atoms with Gasteiger partial charge >= 0.3 is 0 Å². The molecule has 2 rings (SSSR count). The fourth-order valence-electron chi connectivity index (χ4n) is 1.76. The van der Waals surface area contributed by atoms with Gasteiger partial charge in [0.1, 0.15) is 0 Å². The maximum Gasteiger partial charge on any atom is 0.226 e. The highest BCUT2D eigenvalue weighted by Crippen LogP contribution is 2.19. The summed E-state index contributed by atoms with van der Waals surface area (Å²) in [5.41, 5.74) is 0. The van der Waals surface area contributed by atoms with Gasteiger partial charge in [-0.05, 0) is 26.2 Å². The number of nitrogens with one attached hydrogen (secondary N) is 1. The van der Waals surface area contributed by atoms with Crippen molar-refractivity contribution in [1.29, 1.82) is 0 Å². The Kier molecular flexibility index (Phi) is 3.90. The molecule has 5 heteroatoms.